The Morgan fingerprint density at radius 1 is 1.37 bits per heavy atom. The molecule has 0 saturated carbocycles. The van der Waals surface area contributed by atoms with E-state index in [9.17, 15) is 9.90 Å². The summed E-state index contributed by atoms with van der Waals surface area (Å²) in [5, 5.41) is 23.3. The molecule has 19 heavy (non-hydrogen) atoms. The van der Waals surface area contributed by atoms with Gasteiger partial charge in [0.25, 0.3) is 0 Å². The number of benzene rings is 1. The van der Waals surface area contributed by atoms with E-state index < -0.39 is 5.97 Å². The van der Waals surface area contributed by atoms with Crippen molar-refractivity contribution in [2.45, 2.75) is 6.92 Å². The van der Waals surface area contributed by atoms with Gasteiger partial charge in [-0.1, -0.05) is 5.16 Å². The van der Waals surface area contributed by atoms with Gasteiger partial charge in [-0.05, 0) is 25.1 Å². The summed E-state index contributed by atoms with van der Waals surface area (Å²) in [6.07, 6.45) is 0. The summed E-state index contributed by atoms with van der Waals surface area (Å²) < 4.78 is 4.68. The number of rotatable bonds is 2. The maximum absolute atomic E-state index is 10.7. The normalized spacial score (nSPS) is 11.0. The third kappa shape index (κ3) is 1.74. The van der Waals surface area contributed by atoms with Crippen molar-refractivity contribution in [3.63, 3.8) is 0 Å². The average Bonchev–Trinajstić information content (AvgIpc) is 2.95. The standard InChI is InChI=1S/C13H10N2O4/c1-6-4-8-9(14-6)3-2-7(12(8)16)10-5-11(13(17)18)19-15-10/h2-5,14,16H,1H3,(H,17,18). The zero-order valence-corrected chi connectivity index (χ0v) is 9.97. The number of carbonyl (C=O) groups is 1. The Labute approximate surface area is 107 Å². The SMILES string of the molecule is Cc1cc2c(O)c(-c3cc(C(=O)O)on3)ccc2[nH]1. The highest BCUT2D eigenvalue weighted by molar-refractivity contribution is 5.94. The van der Waals surface area contributed by atoms with Gasteiger partial charge in [-0.25, -0.2) is 4.79 Å². The van der Waals surface area contributed by atoms with Crippen molar-refractivity contribution >= 4 is 16.9 Å². The molecule has 0 radical (unpaired) electrons. The van der Waals surface area contributed by atoms with Gasteiger partial charge in [-0.2, -0.15) is 0 Å². The smallest absolute Gasteiger partial charge is 0.374 e. The van der Waals surface area contributed by atoms with Crippen LogP contribution in [0.1, 0.15) is 16.2 Å². The minimum Gasteiger partial charge on any atom is -0.507 e. The predicted octanol–water partition coefficient (Wildman–Crippen LogP) is 2.54. The minimum absolute atomic E-state index is 0.0482. The number of carboxylic acids is 1. The Hall–Kier alpha value is -2.76. The van der Waals surface area contributed by atoms with E-state index >= 15 is 0 Å². The highest BCUT2D eigenvalue weighted by Crippen LogP contribution is 2.35. The molecule has 6 heteroatoms. The Morgan fingerprint density at radius 3 is 2.84 bits per heavy atom. The van der Waals surface area contributed by atoms with Crippen molar-refractivity contribution in [1.29, 1.82) is 0 Å². The number of phenols is 1. The largest absolute Gasteiger partial charge is 0.507 e. The number of fused-ring (bicyclic) bond motifs is 1. The van der Waals surface area contributed by atoms with Crippen LogP contribution in [0.15, 0.2) is 28.8 Å². The molecule has 0 saturated heterocycles. The van der Waals surface area contributed by atoms with Gasteiger partial charge in [0, 0.05) is 28.2 Å². The summed E-state index contributed by atoms with van der Waals surface area (Å²) in [5.41, 5.74) is 2.45. The second-order valence-electron chi connectivity index (χ2n) is 4.26. The number of aryl methyl sites for hydroxylation is 1. The number of hydrogen-bond acceptors (Lipinski definition) is 4. The van der Waals surface area contributed by atoms with E-state index in [2.05, 4.69) is 14.7 Å². The van der Waals surface area contributed by atoms with Crippen LogP contribution in [0.4, 0.5) is 0 Å². The molecule has 0 spiro atoms. The molecule has 0 aliphatic rings. The molecule has 0 amide bonds. The summed E-state index contributed by atoms with van der Waals surface area (Å²) in [4.78, 5) is 13.8. The molecule has 0 atom stereocenters. The third-order valence-corrected chi connectivity index (χ3v) is 2.91. The molecule has 96 valence electrons. The van der Waals surface area contributed by atoms with E-state index in [0.717, 1.165) is 11.2 Å². The first kappa shape index (κ1) is 11.3. The number of nitrogens with one attached hydrogen (secondary N) is 1. The van der Waals surface area contributed by atoms with Gasteiger partial charge in [-0.3, -0.25) is 0 Å². The molecule has 0 bridgehead atoms. The van der Waals surface area contributed by atoms with E-state index in [1.807, 2.05) is 13.0 Å². The van der Waals surface area contributed by atoms with E-state index in [0.29, 0.717) is 10.9 Å². The topological polar surface area (TPSA) is 99.3 Å². The van der Waals surface area contributed by atoms with Crippen molar-refractivity contribution in [1.82, 2.24) is 10.1 Å². The Balaban J connectivity index is 2.18. The van der Waals surface area contributed by atoms with Crippen LogP contribution in [0, 0.1) is 6.92 Å². The first-order chi connectivity index (χ1) is 9.06. The highest BCUT2D eigenvalue weighted by atomic mass is 16.5. The number of aromatic carboxylic acids is 1. The van der Waals surface area contributed by atoms with Crippen LogP contribution in [0.3, 0.4) is 0 Å². The fourth-order valence-electron chi connectivity index (χ4n) is 2.04. The number of phenolic OH excluding ortho intramolecular Hbond substituents is 1. The first-order valence-electron chi connectivity index (χ1n) is 5.58. The Morgan fingerprint density at radius 2 is 2.16 bits per heavy atom. The van der Waals surface area contributed by atoms with Crippen molar-refractivity contribution in [2.75, 3.05) is 0 Å². The fourth-order valence-corrected chi connectivity index (χ4v) is 2.04. The van der Waals surface area contributed by atoms with Crippen molar-refractivity contribution in [3.05, 3.63) is 35.7 Å². The average molecular weight is 258 g/mol. The molecule has 1 aromatic carbocycles. The molecular formula is C13H10N2O4. The monoisotopic (exact) mass is 258 g/mol. The molecule has 0 aliphatic heterocycles. The lowest BCUT2D eigenvalue weighted by atomic mass is 10.1. The second kappa shape index (κ2) is 3.88. The summed E-state index contributed by atoms with van der Waals surface area (Å²) >= 11 is 0. The van der Waals surface area contributed by atoms with Gasteiger partial charge in [-0.15, -0.1) is 0 Å². The van der Waals surface area contributed by atoms with Crippen LogP contribution in [0.25, 0.3) is 22.2 Å². The predicted molar refractivity (Wildman–Crippen MR) is 67.2 cm³/mol. The molecule has 3 N–H and O–H groups in total. The van der Waals surface area contributed by atoms with Gasteiger partial charge in [0.15, 0.2) is 0 Å². The number of hydrogen-bond donors (Lipinski definition) is 3. The molecule has 6 nitrogen and oxygen atoms in total. The van der Waals surface area contributed by atoms with Crippen LogP contribution in [-0.4, -0.2) is 26.3 Å². The van der Waals surface area contributed by atoms with Crippen LogP contribution in [-0.2, 0) is 0 Å². The number of carboxylic acid groups (broad SMARTS) is 1. The number of aromatic hydroxyl groups is 1. The molecule has 0 aliphatic carbocycles. The van der Waals surface area contributed by atoms with Crippen molar-refractivity contribution < 1.29 is 19.5 Å². The highest BCUT2D eigenvalue weighted by Gasteiger charge is 2.16. The van der Waals surface area contributed by atoms with Gasteiger partial charge in [0.2, 0.25) is 5.76 Å². The molecule has 0 unspecified atom stereocenters. The number of nitrogens with zero attached hydrogens (tertiary/aromatic N) is 1. The Bertz CT molecular complexity index is 785. The van der Waals surface area contributed by atoms with Crippen LogP contribution >= 0.6 is 0 Å². The zero-order chi connectivity index (χ0) is 13.6. The Kier molecular flexibility index (Phi) is 2.31. The number of aromatic nitrogens is 2. The van der Waals surface area contributed by atoms with E-state index in [1.165, 1.54) is 6.07 Å². The van der Waals surface area contributed by atoms with Crippen molar-refractivity contribution in [3.8, 4) is 17.0 Å². The first-order valence-corrected chi connectivity index (χ1v) is 5.58. The van der Waals surface area contributed by atoms with Crippen LogP contribution < -0.4 is 0 Å². The number of aromatic amines is 1. The molecular weight excluding hydrogens is 248 g/mol. The summed E-state index contributed by atoms with van der Waals surface area (Å²) in [6.45, 7) is 1.89. The lowest BCUT2D eigenvalue weighted by Crippen LogP contribution is -1.91. The number of H-pyrrole nitrogens is 1. The molecule has 2 heterocycles. The van der Waals surface area contributed by atoms with Crippen LogP contribution in [0.2, 0.25) is 0 Å². The van der Waals surface area contributed by atoms with Crippen molar-refractivity contribution in [2.24, 2.45) is 0 Å². The van der Waals surface area contributed by atoms with E-state index in [4.69, 9.17) is 5.11 Å². The lowest BCUT2D eigenvalue weighted by Gasteiger charge is -2.01. The van der Waals surface area contributed by atoms with Gasteiger partial charge in [0.1, 0.15) is 11.4 Å². The maximum atomic E-state index is 10.7. The lowest BCUT2D eigenvalue weighted by molar-refractivity contribution is 0.0652. The molecule has 3 aromatic rings. The fraction of sp³-hybridized carbons (Fsp3) is 0.0769. The molecule has 3 rings (SSSR count). The summed E-state index contributed by atoms with van der Waals surface area (Å²) in [7, 11) is 0. The van der Waals surface area contributed by atoms with Gasteiger partial charge < -0.3 is 19.7 Å². The molecule has 2 aromatic heterocycles. The van der Waals surface area contributed by atoms with Gasteiger partial charge >= 0.3 is 5.97 Å². The maximum Gasteiger partial charge on any atom is 0.374 e. The summed E-state index contributed by atoms with van der Waals surface area (Å²) in [5.74, 6) is -1.41. The third-order valence-electron chi connectivity index (χ3n) is 2.91. The van der Waals surface area contributed by atoms with E-state index in [-0.39, 0.29) is 17.2 Å². The van der Waals surface area contributed by atoms with Gasteiger partial charge in [0.05, 0.1) is 0 Å². The quantitative estimate of drug-likeness (QED) is 0.656. The minimum atomic E-state index is -1.20. The molecule has 0 fully saturated rings. The van der Waals surface area contributed by atoms with E-state index in [1.54, 1.807) is 12.1 Å². The van der Waals surface area contributed by atoms with Crippen LogP contribution in [0.5, 0.6) is 5.75 Å². The second-order valence-corrected chi connectivity index (χ2v) is 4.26. The summed E-state index contributed by atoms with van der Waals surface area (Å²) in [6, 6.07) is 6.55. The zero-order valence-electron chi connectivity index (χ0n) is 9.97.